The van der Waals surface area contributed by atoms with Crippen molar-refractivity contribution in [2.75, 3.05) is 45.2 Å². The maximum atomic E-state index is 12.0. The van der Waals surface area contributed by atoms with Gasteiger partial charge in [-0.1, -0.05) is 6.07 Å². The van der Waals surface area contributed by atoms with Crippen LogP contribution >= 0.6 is 0 Å². The highest BCUT2D eigenvalue weighted by atomic mass is 16.5. The van der Waals surface area contributed by atoms with E-state index in [-0.39, 0.29) is 25.0 Å². The molecule has 1 heterocycles. The Morgan fingerprint density at radius 2 is 2.19 bits per heavy atom. The molecule has 0 bridgehead atoms. The van der Waals surface area contributed by atoms with Gasteiger partial charge in [-0.2, -0.15) is 0 Å². The number of benzene rings is 1. The summed E-state index contributed by atoms with van der Waals surface area (Å²) in [7, 11) is 3.90. The highest BCUT2D eigenvalue weighted by molar-refractivity contribution is 5.89. The normalized spacial score (nSPS) is 13.9. The lowest BCUT2D eigenvalue weighted by molar-refractivity contribution is -0.133. The van der Waals surface area contributed by atoms with E-state index in [2.05, 4.69) is 5.32 Å². The third-order valence-electron chi connectivity index (χ3n) is 3.22. The molecule has 0 atom stereocenters. The van der Waals surface area contributed by atoms with Gasteiger partial charge in [-0.25, -0.2) is 4.79 Å². The fraction of sp³-hybridized carbons (Fsp3) is 0.467. The van der Waals surface area contributed by atoms with E-state index in [1.165, 1.54) is 0 Å². The average Bonchev–Trinajstić information content (AvgIpc) is 2.37. The molecule has 0 aromatic heterocycles. The van der Waals surface area contributed by atoms with Crippen LogP contribution in [0.15, 0.2) is 18.2 Å². The Hall–Kier alpha value is -2.08. The molecule has 0 radical (unpaired) electrons. The fourth-order valence-electron chi connectivity index (χ4n) is 2.15. The number of rotatable bonds is 5. The van der Waals surface area contributed by atoms with Gasteiger partial charge in [0.1, 0.15) is 6.54 Å². The molecule has 6 nitrogen and oxygen atoms in total. The zero-order valence-electron chi connectivity index (χ0n) is 12.7. The molecule has 1 N–H and O–H groups in total. The minimum atomic E-state index is -0.339. The van der Waals surface area contributed by atoms with Gasteiger partial charge in [-0.05, 0) is 38.7 Å². The SMILES string of the molecule is Cc1ccc2c(c1)OC(=O)CN2CC(=O)NCCN(C)C. The van der Waals surface area contributed by atoms with Crippen LogP contribution in [0.1, 0.15) is 5.56 Å². The third kappa shape index (κ3) is 4.19. The van der Waals surface area contributed by atoms with E-state index in [9.17, 15) is 9.59 Å². The first-order chi connectivity index (χ1) is 9.95. The molecule has 0 fully saturated rings. The summed E-state index contributed by atoms with van der Waals surface area (Å²) in [4.78, 5) is 27.3. The number of ether oxygens (including phenoxy) is 1. The van der Waals surface area contributed by atoms with Gasteiger partial charge in [0.25, 0.3) is 0 Å². The van der Waals surface area contributed by atoms with E-state index < -0.39 is 0 Å². The maximum Gasteiger partial charge on any atom is 0.331 e. The number of hydrogen-bond acceptors (Lipinski definition) is 5. The van der Waals surface area contributed by atoms with Crippen molar-refractivity contribution in [1.29, 1.82) is 0 Å². The second kappa shape index (κ2) is 6.58. The molecule has 1 amide bonds. The van der Waals surface area contributed by atoms with Crippen LogP contribution in [-0.2, 0) is 9.59 Å². The summed E-state index contributed by atoms with van der Waals surface area (Å²) >= 11 is 0. The Morgan fingerprint density at radius 3 is 2.90 bits per heavy atom. The quantitative estimate of drug-likeness (QED) is 0.628. The second-order valence-electron chi connectivity index (χ2n) is 5.45. The van der Waals surface area contributed by atoms with Crippen molar-refractivity contribution < 1.29 is 14.3 Å². The van der Waals surface area contributed by atoms with Gasteiger partial charge in [0.05, 0.1) is 12.2 Å². The van der Waals surface area contributed by atoms with Gasteiger partial charge in [0, 0.05) is 13.1 Å². The number of nitrogens with one attached hydrogen (secondary N) is 1. The summed E-state index contributed by atoms with van der Waals surface area (Å²) in [5, 5.41) is 2.84. The molecular formula is C15H21N3O3. The summed E-state index contributed by atoms with van der Waals surface area (Å²) in [6.07, 6.45) is 0. The van der Waals surface area contributed by atoms with Crippen molar-refractivity contribution >= 4 is 17.6 Å². The number of anilines is 1. The van der Waals surface area contributed by atoms with Crippen LogP contribution in [0.5, 0.6) is 5.75 Å². The van der Waals surface area contributed by atoms with Crippen LogP contribution in [-0.4, -0.2) is 57.1 Å². The van der Waals surface area contributed by atoms with Crippen molar-refractivity contribution in [2.45, 2.75) is 6.92 Å². The number of amides is 1. The number of hydrogen-bond donors (Lipinski definition) is 1. The third-order valence-corrected chi connectivity index (χ3v) is 3.22. The molecule has 0 spiro atoms. The van der Waals surface area contributed by atoms with Crippen LogP contribution in [0.3, 0.4) is 0 Å². The summed E-state index contributed by atoms with van der Waals surface area (Å²) in [5.41, 5.74) is 1.79. The van der Waals surface area contributed by atoms with Gasteiger partial charge in [0.2, 0.25) is 5.91 Å². The van der Waals surface area contributed by atoms with Crippen LogP contribution < -0.4 is 15.0 Å². The first-order valence-electron chi connectivity index (χ1n) is 6.93. The van der Waals surface area contributed by atoms with Crippen LogP contribution in [0, 0.1) is 6.92 Å². The van der Waals surface area contributed by atoms with E-state index in [1.807, 2.05) is 44.1 Å². The van der Waals surface area contributed by atoms with Crippen LogP contribution in [0.25, 0.3) is 0 Å². The lowest BCUT2D eigenvalue weighted by Crippen LogP contribution is -2.44. The van der Waals surface area contributed by atoms with Gasteiger partial charge < -0.3 is 19.9 Å². The van der Waals surface area contributed by atoms with E-state index >= 15 is 0 Å². The minimum absolute atomic E-state index is 0.0944. The second-order valence-corrected chi connectivity index (χ2v) is 5.45. The molecule has 0 saturated carbocycles. The van der Waals surface area contributed by atoms with Gasteiger partial charge in [-0.3, -0.25) is 4.79 Å². The molecule has 21 heavy (non-hydrogen) atoms. The molecule has 0 unspecified atom stereocenters. The Morgan fingerprint density at radius 1 is 1.43 bits per heavy atom. The highest BCUT2D eigenvalue weighted by Gasteiger charge is 2.25. The summed E-state index contributed by atoms with van der Waals surface area (Å²) in [6.45, 7) is 3.55. The highest BCUT2D eigenvalue weighted by Crippen LogP contribution is 2.32. The smallest absolute Gasteiger partial charge is 0.331 e. The molecule has 0 saturated heterocycles. The predicted molar refractivity (Wildman–Crippen MR) is 80.6 cm³/mol. The van der Waals surface area contributed by atoms with Crippen molar-refractivity contribution in [1.82, 2.24) is 10.2 Å². The lowest BCUT2D eigenvalue weighted by atomic mass is 10.1. The van der Waals surface area contributed by atoms with Crippen molar-refractivity contribution in [2.24, 2.45) is 0 Å². The Labute approximate surface area is 124 Å². The first kappa shape index (κ1) is 15.3. The number of aryl methyl sites for hydroxylation is 1. The first-order valence-corrected chi connectivity index (χ1v) is 6.93. The van der Waals surface area contributed by atoms with Gasteiger partial charge >= 0.3 is 5.97 Å². The number of carbonyl (C=O) groups is 2. The van der Waals surface area contributed by atoms with Crippen LogP contribution in [0.2, 0.25) is 0 Å². The molecular weight excluding hydrogens is 270 g/mol. The molecule has 1 aliphatic heterocycles. The van der Waals surface area contributed by atoms with E-state index in [4.69, 9.17) is 4.74 Å². The zero-order valence-corrected chi connectivity index (χ0v) is 12.7. The molecule has 2 rings (SSSR count). The van der Waals surface area contributed by atoms with Crippen molar-refractivity contribution in [3.63, 3.8) is 0 Å². The van der Waals surface area contributed by atoms with Crippen molar-refractivity contribution in [3.05, 3.63) is 23.8 Å². The zero-order chi connectivity index (χ0) is 15.4. The molecule has 1 aromatic carbocycles. The number of nitrogens with zero attached hydrogens (tertiary/aromatic N) is 2. The molecule has 0 aliphatic carbocycles. The van der Waals surface area contributed by atoms with Gasteiger partial charge in [0.15, 0.2) is 5.75 Å². The topological polar surface area (TPSA) is 61.9 Å². The lowest BCUT2D eigenvalue weighted by Gasteiger charge is -2.29. The Balaban J connectivity index is 2.00. The number of carbonyl (C=O) groups excluding carboxylic acids is 2. The summed E-state index contributed by atoms with van der Waals surface area (Å²) < 4.78 is 5.22. The van der Waals surface area contributed by atoms with E-state index in [0.29, 0.717) is 12.3 Å². The Kier molecular flexibility index (Phi) is 4.80. The largest absolute Gasteiger partial charge is 0.423 e. The van der Waals surface area contributed by atoms with Gasteiger partial charge in [-0.15, -0.1) is 0 Å². The molecule has 6 heteroatoms. The number of esters is 1. The van der Waals surface area contributed by atoms with E-state index in [0.717, 1.165) is 17.8 Å². The predicted octanol–water partition coefficient (Wildman–Crippen LogP) is 0.398. The fourth-order valence-corrected chi connectivity index (χ4v) is 2.15. The molecule has 1 aromatic rings. The van der Waals surface area contributed by atoms with E-state index in [1.54, 1.807) is 4.90 Å². The molecule has 1 aliphatic rings. The minimum Gasteiger partial charge on any atom is -0.423 e. The summed E-state index contributed by atoms with van der Waals surface area (Å²) in [6, 6.07) is 5.63. The maximum absolute atomic E-state index is 12.0. The average molecular weight is 291 g/mol. The summed E-state index contributed by atoms with van der Waals surface area (Å²) in [5.74, 6) is 0.0830. The number of likely N-dealkylation sites (N-methyl/N-ethyl adjacent to an activating group) is 1. The monoisotopic (exact) mass is 291 g/mol. The number of fused-ring (bicyclic) bond motifs is 1. The van der Waals surface area contributed by atoms with Crippen LogP contribution in [0.4, 0.5) is 5.69 Å². The standard InChI is InChI=1S/C15H21N3O3/c1-11-4-5-12-13(8-11)21-15(20)10-18(12)9-14(19)16-6-7-17(2)3/h4-5,8H,6-7,9-10H2,1-3H3,(H,16,19). The van der Waals surface area contributed by atoms with Crippen molar-refractivity contribution in [3.8, 4) is 5.75 Å². The Bertz CT molecular complexity index is 543. The molecule has 114 valence electrons.